The normalized spacial score (nSPS) is 14.6. The number of carbonyl (C=O) groups is 1. The van der Waals surface area contributed by atoms with E-state index in [0.29, 0.717) is 34.7 Å². The molecule has 1 heterocycles. The summed E-state index contributed by atoms with van der Waals surface area (Å²) in [6.07, 6.45) is -1.03. The van der Waals surface area contributed by atoms with Crippen LogP contribution >= 0.6 is 0 Å². The molecule has 0 spiro atoms. The third-order valence-corrected chi connectivity index (χ3v) is 13.0. The Hall–Kier alpha value is -2.33. The number of hydrogen-bond donors (Lipinski definition) is 4. The summed E-state index contributed by atoms with van der Waals surface area (Å²) in [6, 6.07) is 8.60. The fourth-order valence-corrected chi connectivity index (χ4v) is 10.4. The van der Waals surface area contributed by atoms with E-state index in [9.17, 15) is 15.0 Å². The molecule has 0 aliphatic rings. The number of benzene rings is 1. The fourth-order valence-electron chi connectivity index (χ4n) is 5.17. The second-order valence-electron chi connectivity index (χ2n) is 10.8. The molecule has 0 bridgehead atoms. The lowest BCUT2D eigenvalue weighted by Gasteiger charge is -2.42. The largest absolute Gasteiger partial charge is 0.543 e. The van der Waals surface area contributed by atoms with Crippen molar-refractivity contribution in [2.75, 3.05) is 20.3 Å². The maximum absolute atomic E-state index is 12.7. The van der Waals surface area contributed by atoms with Gasteiger partial charge in [-0.25, -0.2) is 0 Å². The fraction of sp³-hybridized carbons (Fsp3) is 0.607. The summed E-state index contributed by atoms with van der Waals surface area (Å²) in [5.74, 6) is 0.996. The average molecular weight is 535 g/mol. The van der Waals surface area contributed by atoms with Gasteiger partial charge in [-0.3, -0.25) is 4.79 Å². The van der Waals surface area contributed by atoms with Gasteiger partial charge in [0.05, 0.1) is 25.4 Å². The van der Waals surface area contributed by atoms with Crippen molar-refractivity contribution in [3.63, 3.8) is 0 Å². The molecule has 9 heteroatoms. The van der Waals surface area contributed by atoms with Crippen molar-refractivity contribution in [3.8, 4) is 22.8 Å². The Morgan fingerprint density at radius 3 is 2.08 bits per heavy atom. The summed E-state index contributed by atoms with van der Waals surface area (Å²) in [5.41, 5.74) is 3.09. The van der Waals surface area contributed by atoms with E-state index in [1.165, 1.54) is 6.92 Å². The Bertz CT molecular complexity index is 983. The standard InChI is InChI=1S/C28H46N2O6Si/c1-17(2)37(18(3)4,19(5)6)36-24-13-22(12-23(14-24)35-20(7)16-34-9)25-10-11-26(29-25)28(33)30-27(15-31)21(8)32/h10-14,17-21,27,29,31-32H,15-16H2,1-9H3,(H,30,33)/t20-,21-,27-/m0/s1. The predicted octanol–water partition coefficient (Wildman–Crippen LogP) is 5.12. The summed E-state index contributed by atoms with van der Waals surface area (Å²) in [6.45, 7) is 17.0. The molecule has 208 valence electrons. The van der Waals surface area contributed by atoms with Gasteiger partial charge in [-0.1, -0.05) is 41.5 Å². The second-order valence-corrected chi connectivity index (χ2v) is 16.2. The highest BCUT2D eigenvalue weighted by Crippen LogP contribution is 2.44. The van der Waals surface area contributed by atoms with Gasteiger partial charge >= 0.3 is 0 Å². The number of methoxy groups -OCH3 is 1. The van der Waals surface area contributed by atoms with Crippen LogP contribution in [0.3, 0.4) is 0 Å². The molecule has 0 saturated heterocycles. The topological polar surface area (TPSA) is 113 Å². The Morgan fingerprint density at radius 2 is 1.57 bits per heavy atom. The zero-order valence-corrected chi connectivity index (χ0v) is 24.8. The second kappa shape index (κ2) is 13.5. The first-order chi connectivity index (χ1) is 17.3. The molecule has 2 rings (SSSR count). The van der Waals surface area contributed by atoms with Crippen molar-refractivity contribution < 1.29 is 28.9 Å². The number of carbonyl (C=O) groups excluding carboxylic acids is 1. The van der Waals surface area contributed by atoms with Gasteiger partial charge in [-0.2, -0.15) is 0 Å². The van der Waals surface area contributed by atoms with Gasteiger partial charge in [0.15, 0.2) is 0 Å². The van der Waals surface area contributed by atoms with E-state index >= 15 is 0 Å². The summed E-state index contributed by atoms with van der Waals surface area (Å²) in [5, 5.41) is 21.8. The molecule has 4 N–H and O–H groups in total. The smallest absolute Gasteiger partial charge is 0.268 e. The number of H-pyrrole nitrogens is 1. The highest BCUT2D eigenvalue weighted by molar-refractivity contribution is 6.78. The molecule has 1 aromatic heterocycles. The Balaban J connectivity index is 2.49. The third-order valence-electron chi connectivity index (χ3n) is 6.96. The van der Waals surface area contributed by atoms with Crippen molar-refractivity contribution in [1.29, 1.82) is 0 Å². The number of nitrogens with one attached hydrogen (secondary N) is 2. The molecule has 8 nitrogen and oxygen atoms in total. The molecular formula is C28H46N2O6Si. The quantitative estimate of drug-likeness (QED) is 0.250. The Labute approximate surface area is 222 Å². The minimum atomic E-state index is -2.22. The molecule has 1 amide bonds. The number of aromatic nitrogens is 1. The Morgan fingerprint density at radius 1 is 0.973 bits per heavy atom. The van der Waals surface area contributed by atoms with E-state index in [-0.39, 0.29) is 12.7 Å². The molecule has 37 heavy (non-hydrogen) atoms. The highest BCUT2D eigenvalue weighted by atomic mass is 28.4. The van der Waals surface area contributed by atoms with Crippen LogP contribution in [0.2, 0.25) is 16.6 Å². The van der Waals surface area contributed by atoms with E-state index in [1.807, 2.05) is 31.2 Å². The Kier molecular flexibility index (Phi) is 11.2. The number of aliphatic hydroxyl groups is 2. The van der Waals surface area contributed by atoms with Crippen LogP contribution in [0.25, 0.3) is 11.3 Å². The van der Waals surface area contributed by atoms with Crippen molar-refractivity contribution in [1.82, 2.24) is 10.3 Å². The first-order valence-electron chi connectivity index (χ1n) is 13.1. The number of hydrogen-bond acceptors (Lipinski definition) is 6. The van der Waals surface area contributed by atoms with Crippen molar-refractivity contribution in [3.05, 3.63) is 36.0 Å². The van der Waals surface area contributed by atoms with Gasteiger partial charge in [0, 0.05) is 24.4 Å². The number of ether oxygens (including phenoxy) is 2. The van der Waals surface area contributed by atoms with E-state index in [0.717, 1.165) is 17.0 Å². The zero-order chi connectivity index (χ0) is 27.9. The molecule has 0 aliphatic heterocycles. The summed E-state index contributed by atoms with van der Waals surface area (Å²) >= 11 is 0. The maximum Gasteiger partial charge on any atom is 0.268 e. The molecule has 1 aromatic carbocycles. The predicted molar refractivity (Wildman–Crippen MR) is 150 cm³/mol. The van der Waals surface area contributed by atoms with E-state index in [1.54, 1.807) is 13.2 Å². The molecule has 0 unspecified atom stereocenters. The van der Waals surface area contributed by atoms with Crippen LogP contribution in [0.15, 0.2) is 30.3 Å². The number of aromatic amines is 1. The summed E-state index contributed by atoms with van der Waals surface area (Å²) < 4.78 is 18.4. The molecule has 3 atom stereocenters. The van der Waals surface area contributed by atoms with Gasteiger partial charge in [0.1, 0.15) is 23.3 Å². The van der Waals surface area contributed by atoms with Crippen LogP contribution in [-0.4, -0.2) is 68.0 Å². The lowest BCUT2D eigenvalue weighted by molar-refractivity contribution is 0.0754. The van der Waals surface area contributed by atoms with Crippen LogP contribution in [-0.2, 0) is 4.74 Å². The molecule has 0 radical (unpaired) electrons. The molecule has 0 aliphatic carbocycles. The minimum Gasteiger partial charge on any atom is -0.543 e. The van der Waals surface area contributed by atoms with Crippen molar-refractivity contribution in [2.24, 2.45) is 0 Å². The summed E-state index contributed by atoms with van der Waals surface area (Å²) in [7, 11) is -0.576. The van der Waals surface area contributed by atoms with E-state index in [4.69, 9.17) is 13.9 Å². The summed E-state index contributed by atoms with van der Waals surface area (Å²) in [4.78, 5) is 15.9. The number of amides is 1. The SMILES string of the molecule is COC[C@H](C)Oc1cc(O[Si](C(C)C)(C(C)C)C(C)C)cc(-c2ccc(C(=O)N[C@@H](CO)[C@H](C)O)[nH]2)c1. The van der Waals surface area contributed by atoms with E-state index < -0.39 is 26.4 Å². The van der Waals surface area contributed by atoms with Gasteiger partial charge in [-0.05, 0) is 54.7 Å². The molecular weight excluding hydrogens is 488 g/mol. The van der Waals surface area contributed by atoms with Gasteiger partial charge in [0.2, 0.25) is 0 Å². The lowest BCUT2D eigenvalue weighted by atomic mass is 10.1. The maximum atomic E-state index is 12.7. The lowest BCUT2D eigenvalue weighted by Crippen LogP contribution is -2.50. The average Bonchev–Trinajstić information content (AvgIpc) is 3.30. The van der Waals surface area contributed by atoms with Crippen LogP contribution < -0.4 is 14.5 Å². The molecule has 0 fully saturated rings. The van der Waals surface area contributed by atoms with E-state index in [2.05, 4.69) is 51.8 Å². The van der Waals surface area contributed by atoms with Crippen molar-refractivity contribution >= 4 is 14.2 Å². The van der Waals surface area contributed by atoms with Crippen LogP contribution in [0.4, 0.5) is 0 Å². The number of rotatable bonds is 14. The first kappa shape index (κ1) is 30.9. The van der Waals surface area contributed by atoms with Crippen LogP contribution in [0.5, 0.6) is 11.5 Å². The van der Waals surface area contributed by atoms with Gasteiger partial charge < -0.3 is 34.4 Å². The minimum absolute atomic E-state index is 0.156. The zero-order valence-electron chi connectivity index (χ0n) is 23.8. The molecule has 0 saturated carbocycles. The first-order valence-corrected chi connectivity index (χ1v) is 15.3. The molecule has 2 aromatic rings. The number of aliphatic hydroxyl groups excluding tert-OH is 2. The third kappa shape index (κ3) is 7.60. The monoisotopic (exact) mass is 534 g/mol. The van der Waals surface area contributed by atoms with Crippen LogP contribution in [0, 0.1) is 0 Å². The highest BCUT2D eigenvalue weighted by Gasteiger charge is 2.47. The van der Waals surface area contributed by atoms with Crippen molar-refractivity contribution in [2.45, 2.75) is 90.3 Å². The van der Waals surface area contributed by atoms with Gasteiger partial charge in [0.25, 0.3) is 14.2 Å². The van der Waals surface area contributed by atoms with Gasteiger partial charge in [-0.15, -0.1) is 0 Å². The van der Waals surface area contributed by atoms with Crippen LogP contribution in [0.1, 0.15) is 65.9 Å².